The zero-order valence-electron chi connectivity index (χ0n) is 12.8. The van der Waals surface area contributed by atoms with Gasteiger partial charge in [0, 0.05) is 32.9 Å². The number of sulfone groups is 1. The molecule has 122 valence electrons. The van der Waals surface area contributed by atoms with E-state index in [-0.39, 0.29) is 10.8 Å². The van der Waals surface area contributed by atoms with Crippen LogP contribution in [0.2, 0.25) is 0 Å². The number of methoxy groups -OCH3 is 1. The van der Waals surface area contributed by atoms with Gasteiger partial charge in [0.15, 0.2) is 9.84 Å². The van der Waals surface area contributed by atoms with Crippen LogP contribution in [-0.2, 0) is 25.8 Å². The van der Waals surface area contributed by atoms with Crippen LogP contribution in [0.3, 0.4) is 0 Å². The second-order valence-corrected chi connectivity index (χ2v) is 6.82. The summed E-state index contributed by atoms with van der Waals surface area (Å²) in [4.78, 5) is 12.2. The fourth-order valence-electron chi connectivity index (χ4n) is 1.85. The normalized spacial score (nSPS) is 13.2. The molecule has 1 atom stereocenters. The lowest BCUT2D eigenvalue weighted by Gasteiger charge is -2.15. The van der Waals surface area contributed by atoms with Crippen LogP contribution in [0.5, 0.6) is 0 Å². The smallest absolute Gasteiger partial charge is 0.249 e. The number of ether oxygens (including phenoxy) is 1. The minimum atomic E-state index is -3.27. The first-order valence-corrected chi connectivity index (χ1v) is 8.72. The predicted molar refractivity (Wildman–Crippen MR) is 85.3 cm³/mol. The van der Waals surface area contributed by atoms with Gasteiger partial charge >= 0.3 is 0 Å². The van der Waals surface area contributed by atoms with Crippen LogP contribution in [0.25, 0.3) is 0 Å². The van der Waals surface area contributed by atoms with Crippen molar-refractivity contribution < 1.29 is 17.9 Å². The molecule has 7 heteroatoms. The fourth-order valence-corrected chi connectivity index (χ4v) is 2.54. The molecule has 1 aromatic carbocycles. The second kappa shape index (κ2) is 8.67. The van der Waals surface area contributed by atoms with Crippen molar-refractivity contribution in [3.8, 4) is 0 Å². The van der Waals surface area contributed by atoms with Crippen molar-refractivity contribution in [2.45, 2.75) is 17.4 Å². The molecule has 0 saturated heterocycles. The predicted octanol–water partition coefficient (Wildman–Crippen LogP) is 0.279. The van der Waals surface area contributed by atoms with Gasteiger partial charge < -0.3 is 15.8 Å². The summed E-state index contributed by atoms with van der Waals surface area (Å²) in [7, 11) is -1.83. The van der Waals surface area contributed by atoms with Crippen molar-refractivity contribution in [3.63, 3.8) is 0 Å². The summed E-state index contributed by atoms with van der Waals surface area (Å²) in [6.45, 7) is 0.793. The van der Waals surface area contributed by atoms with Crippen molar-refractivity contribution in [2.75, 3.05) is 26.5 Å². The van der Waals surface area contributed by atoms with Crippen LogP contribution in [0.1, 0.15) is 5.56 Å². The maximum absolute atomic E-state index is 12.0. The van der Waals surface area contributed by atoms with Crippen molar-refractivity contribution in [2.24, 2.45) is 5.73 Å². The van der Waals surface area contributed by atoms with Gasteiger partial charge in [0.25, 0.3) is 0 Å². The third kappa shape index (κ3) is 5.97. The van der Waals surface area contributed by atoms with E-state index in [1.54, 1.807) is 30.4 Å². The summed E-state index contributed by atoms with van der Waals surface area (Å²) in [5.74, 6) is -0.256. The van der Waals surface area contributed by atoms with E-state index in [9.17, 15) is 13.2 Å². The molecule has 0 aliphatic heterocycles. The van der Waals surface area contributed by atoms with Crippen molar-refractivity contribution >= 4 is 15.7 Å². The van der Waals surface area contributed by atoms with E-state index in [0.29, 0.717) is 19.5 Å². The minimum absolute atomic E-state index is 0.228. The monoisotopic (exact) mass is 326 g/mol. The maximum atomic E-state index is 12.0. The van der Waals surface area contributed by atoms with Crippen LogP contribution in [0.15, 0.2) is 41.3 Å². The number of nitrogens with two attached hydrogens (primary N) is 1. The summed E-state index contributed by atoms with van der Waals surface area (Å²) >= 11 is 0. The summed E-state index contributed by atoms with van der Waals surface area (Å²) in [5.41, 5.74) is 6.03. The lowest BCUT2D eigenvalue weighted by Crippen LogP contribution is -2.37. The van der Waals surface area contributed by atoms with Crippen LogP contribution < -0.4 is 11.1 Å². The molecule has 0 saturated carbocycles. The van der Waals surface area contributed by atoms with Gasteiger partial charge in [-0.15, -0.1) is 0 Å². The summed E-state index contributed by atoms with van der Waals surface area (Å²) in [5, 5.41) is 2.71. The van der Waals surface area contributed by atoms with E-state index in [0.717, 1.165) is 11.8 Å². The van der Waals surface area contributed by atoms with E-state index in [1.165, 1.54) is 13.2 Å². The van der Waals surface area contributed by atoms with Crippen molar-refractivity contribution in [1.29, 1.82) is 0 Å². The van der Waals surface area contributed by atoms with Crippen LogP contribution in [0.4, 0.5) is 0 Å². The average molecular weight is 326 g/mol. The van der Waals surface area contributed by atoms with E-state index >= 15 is 0 Å². The molecule has 0 heterocycles. The third-order valence-corrected chi connectivity index (χ3v) is 4.13. The van der Waals surface area contributed by atoms with Gasteiger partial charge in [0.2, 0.25) is 5.91 Å². The fraction of sp³-hybridized carbons (Fsp3) is 0.400. The third-order valence-electron chi connectivity index (χ3n) is 3.02. The maximum Gasteiger partial charge on any atom is 0.249 e. The number of carbonyl (C=O) groups excluding carboxylic acids is 1. The Kier molecular flexibility index (Phi) is 7.23. The van der Waals surface area contributed by atoms with Crippen LogP contribution in [-0.4, -0.2) is 46.9 Å². The highest BCUT2D eigenvalue weighted by Crippen LogP contribution is 2.13. The van der Waals surface area contributed by atoms with Gasteiger partial charge in [-0.1, -0.05) is 24.3 Å². The molecule has 0 bridgehead atoms. The molecule has 0 aliphatic rings. The van der Waals surface area contributed by atoms with E-state index in [2.05, 4.69) is 5.32 Å². The van der Waals surface area contributed by atoms with Gasteiger partial charge in [-0.05, 0) is 17.7 Å². The Morgan fingerprint density at radius 3 is 2.73 bits per heavy atom. The van der Waals surface area contributed by atoms with Gasteiger partial charge in [-0.25, -0.2) is 8.42 Å². The number of hydrogen-bond acceptors (Lipinski definition) is 5. The standard InChI is InChI=1S/C15H22N2O4S/c1-21-14(15(18)17-9-4-3-8-16)11-12-6-5-7-13(10-12)22(2,19)20/h3-7,10,14H,8-9,11,16H2,1-2H3,(H,17,18)/b4-3+. The molecule has 1 amide bonds. The Labute approximate surface area is 131 Å². The molecule has 0 aromatic heterocycles. The quantitative estimate of drug-likeness (QED) is 0.669. The Morgan fingerprint density at radius 1 is 1.41 bits per heavy atom. The summed E-state index contributed by atoms with van der Waals surface area (Å²) in [6.07, 6.45) is 4.27. The molecule has 0 radical (unpaired) electrons. The largest absolute Gasteiger partial charge is 0.371 e. The zero-order valence-corrected chi connectivity index (χ0v) is 13.6. The number of amides is 1. The molecule has 22 heavy (non-hydrogen) atoms. The molecule has 1 unspecified atom stereocenters. The Morgan fingerprint density at radius 2 is 2.14 bits per heavy atom. The average Bonchev–Trinajstić information content (AvgIpc) is 2.48. The number of hydrogen-bond donors (Lipinski definition) is 2. The first-order chi connectivity index (χ1) is 10.4. The SMILES string of the molecule is COC(Cc1cccc(S(C)(=O)=O)c1)C(=O)NC/C=C/CN. The molecule has 6 nitrogen and oxygen atoms in total. The van der Waals surface area contributed by atoms with Gasteiger partial charge in [-0.3, -0.25) is 4.79 Å². The molecular weight excluding hydrogens is 304 g/mol. The second-order valence-electron chi connectivity index (χ2n) is 4.80. The van der Waals surface area contributed by atoms with E-state index < -0.39 is 15.9 Å². The molecule has 1 rings (SSSR count). The Bertz CT molecular complexity index is 626. The highest BCUT2D eigenvalue weighted by molar-refractivity contribution is 7.90. The zero-order chi connectivity index (χ0) is 16.6. The molecule has 0 spiro atoms. The number of nitrogens with one attached hydrogen (secondary N) is 1. The topological polar surface area (TPSA) is 98.5 Å². The van der Waals surface area contributed by atoms with Crippen LogP contribution in [0, 0.1) is 0 Å². The molecular formula is C15H22N2O4S. The number of carbonyl (C=O) groups is 1. The Balaban J connectivity index is 2.74. The van der Waals surface area contributed by atoms with Gasteiger partial charge in [-0.2, -0.15) is 0 Å². The number of rotatable bonds is 8. The minimum Gasteiger partial charge on any atom is -0.371 e. The lowest BCUT2D eigenvalue weighted by molar-refractivity contribution is -0.130. The van der Waals surface area contributed by atoms with Crippen LogP contribution >= 0.6 is 0 Å². The Hall–Kier alpha value is -1.70. The summed E-state index contributed by atoms with van der Waals surface area (Å²) < 4.78 is 28.3. The highest BCUT2D eigenvalue weighted by atomic mass is 32.2. The molecule has 1 aromatic rings. The van der Waals surface area contributed by atoms with Crippen molar-refractivity contribution in [3.05, 3.63) is 42.0 Å². The molecule has 3 N–H and O–H groups in total. The summed E-state index contributed by atoms with van der Waals surface area (Å²) in [6, 6.07) is 6.50. The van der Waals surface area contributed by atoms with E-state index in [1.807, 2.05) is 0 Å². The van der Waals surface area contributed by atoms with E-state index in [4.69, 9.17) is 10.5 Å². The highest BCUT2D eigenvalue weighted by Gasteiger charge is 2.18. The molecule has 0 aliphatic carbocycles. The molecule has 0 fully saturated rings. The number of benzene rings is 1. The van der Waals surface area contributed by atoms with Gasteiger partial charge in [0.05, 0.1) is 4.90 Å². The first kappa shape index (κ1) is 18.3. The lowest BCUT2D eigenvalue weighted by atomic mass is 10.1. The first-order valence-electron chi connectivity index (χ1n) is 6.83. The van der Waals surface area contributed by atoms with Crippen molar-refractivity contribution in [1.82, 2.24) is 5.32 Å². The van der Waals surface area contributed by atoms with Gasteiger partial charge in [0.1, 0.15) is 6.10 Å².